The van der Waals surface area contributed by atoms with Crippen LogP contribution in [0.15, 0.2) is 60.7 Å². The molecule has 3 rings (SSSR count). The molecule has 0 atom stereocenters. The Hall–Kier alpha value is -4.05. The van der Waals surface area contributed by atoms with Gasteiger partial charge in [-0.1, -0.05) is 37.1 Å². The molecule has 10 heteroatoms. The Morgan fingerprint density at radius 2 is 1.47 bits per heavy atom. The Morgan fingerprint density at radius 3 is 2.16 bits per heavy atom. The van der Waals surface area contributed by atoms with Crippen molar-refractivity contribution < 1.29 is 47.2 Å². The molecule has 0 aliphatic heterocycles. The second-order valence-electron chi connectivity index (χ2n) is 10.7. The Kier molecular flexibility index (Phi) is 14.2. The lowest BCUT2D eigenvalue weighted by molar-refractivity contribution is -0.138. The third-order valence-corrected chi connectivity index (χ3v) is 7.21. The maximum Gasteiger partial charge on any atom is 0.416 e. The molecule has 3 aromatic rings. The molecule has 2 N–H and O–H groups in total. The average molecular weight is 631 g/mol. The molecule has 0 aromatic heterocycles. The van der Waals surface area contributed by atoms with Gasteiger partial charge < -0.3 is 24.4 Å². The lowest BCUT2D eigenvalue weighted by Gasteiger charge is -2.15. The fourth-order valence-corrected chi connectivity index (χ4v) is 4.93. The number of benzene rings is 3. The van der Waals surface area contributed by atoms with Gasteiger partial charge >= 0.3 is 18.1 Å². The fourth-order valence-electron chi connectivity index (χ4n) is 4.93. The molecular formula is C35H41F3O7. The zero-order valence-corrected chi connectivity index (χ0v) is 25.5. The first kappa shape index (κ1) is 35.4. The number of aliphatic carboxylic acids is 2. The Labute approximate surface area is 261 Å². The monoisotopic (exact) mass is 630 g/mol. The minimum Gasteiger partial charge on any atom is -0.494 e. The molecule has 0 fully saturated rings. The van der Waals surface area contributed by atoms with Gasteiger partial charge in [0, 0.05) is 19.4 Å². The van der Waals surface area contributed by atoms with E-state index in [0.717, 1.165) is 66.5 Å². The number of alkyl halides is 3. The summed E-state index contributed by atoms with van der Waals surface area (Å²) in [7, 11) is 0. The van der Waals surface area contributed by atoms with Crippen molar-refractivity contribution >= 4 is 11.9 Å². The van der Waals surface area contributed by atoms with Crippen LogP contribution in [0.25, 0.3) is 11.1 Å². The van der Waals surface area contributed by atoms with Gasteiger partial charge in [-0.05, 0) is 103 Å². The van der Waals surface area contributed by atoms with Crippen LogP contribution in [0.2, 0.25) is 0 Å². The van der Waals surface area contributed by atoms with Crippen LogP contribution in [-0.4, -0.2) is 42.0 Å². The lowest BCUT2D eigenvalue weighted by atomic mass is 9.97. The molecule has 45 heavy (non-hydrogen) atoms. The highest BCUT2D eigenvalue weighted by molar-refractivity contribution is 5.68. The van der Waals surface area contributed by atoms with E-state index in [2.05, 4.69) is 0 Å². The summed E-state index contributed by atoms with van der Waals surface area (Å²) < 4.78 is 56.5. The van der Waals surface area contributed by atoms with E-state index in [1.165, 1.54) is 12.1 Å². The van der Waals surface area contributed by atoms with E-state index in [4.69, 9.17) is 19.3 Å². The maximum absolute atomic E-state index is 13.0. The van der Waals surface area contributed by atoms with E-state index in [1.807, 2.05) is 37.3 Å². The quantitative estimate of drug-likeness (QED) is 0.121. The molecule has 0 unspecified atom stereocenters. The van der Waals surface area contributed by atoms with E-state index in [9.17, 15) is 27.9 Å². The molecule has 0 spiro atoms. The molecular weight excluding hydrogens is 589 g/mol. The first-order valence-corrected chi connectivity index (χ1v) is 15.3. The number of hydrogen-bond donors (Lipinski definition) is 2. The number of carboxylic acid groups (broad SMARTS) is 2. The van der Waals surface area contributed by atoms with Crippen LogP contribution >= 0.6 is 0 Å². The number of carbonyl (C=O) groups is 2. The number of aryl methyl sites for hydroxylation is 1. The number of carboxylic acids is 2. The van der Waals surface area contributed by atoms with E-state index < -0.39 is 23.7 Å². The summed E-state index contributed by atoms with van der Waals surface area (Å²) in [5.74, 6) is -0.543. The molecule has 0 radical (unpaired) electrons. The van der Waals surface area contributed by atoms with Crippen LogP contribution in [0, 0.1) is 0 Å². The van der Waals surface area contributed by atoms with Gasteiger partial charge in [0.2, 0.25) is 0 Å². The summed E-state index contributed by atoms with van der Waals surface area (Å²) in [6.45, 7) is 3.52. The molecule has 0 amide bonds. The Balaban J connectivity index is 1.53. The predicted molar refractivity (Wildman–Crippen MR) is 165 cm³/mol. The highest BCUT2D eigenvalue weighted by Gasteiger charge is 2.30. The van der Waals surface area contributed by atoms with Gasteiger partial charge in [-0.15, -0.1) is 0 Å². The minimum absolute atomic E-state index is 0.00683. The number of hydrogen-bond acceptors (Lipinski definition) is 5. The van der Waals surface area contributed by atoms with Crippen molar-refractivity contribution in [3.63, 3.8) is 0 Å². The van der Waals surface area contributed by atoms with Crippen molar-refractivity contribution in [2.75, 3.05) is 19.8 Å². The standard InChI is InChI=1S/C35H41F3O7/c1-2-43-24-25-21-28(26-13-15-29(16-14-26)35(36,37)38)23-30(22-25)44-19-6-4-3-5-9-27-10-7-11-32(31(27)17-18-34(41)42)45-20-8-12-33(39)40/h7,10-11,13-16,21-23H,2-6,8-9,12,17-20,24H2,1H3,(H,39,40)(H,41,42). The highest BCUT2D eigenvalue weighted by atomic mass is 19.4. The van der Waals surface area contributed by atoms with Gasteiger partial charge in [0.25, 0.3) is 0 Å². The van der Waals surface area contributed by atoms with Crippen molar-refractivity contribution in [2.45, 2.75) is 77.5 Å². The second-order valence-corrected chi connectivity index (χ2v) is 10.7. The van der Waals surface area contributed by atoms with Crippen molar-refractivity contribution in [3.05, 3.63) is 82.9 Å². The van der Waals surface area contributed by atoms with Crippen molar-refractivity contribution in [1.82, 2.24) is 0 Å². The number of ether oxygens (including phenoxy) is 3. The molecule has 0 saturated carbocycles. The Morgan fingerprint density at radius 1 is 0.756 bits per heavy atom. The third kappa shape index (κ3) is 12.5. The van der Waals surface area contributed by atoms with E-state index >= 15 is 0 Å². The van der Waals surface area contributed by atoms with E-state index in [0.29, 0.717) is 49.7 Å². The first-order chi connectivity index (χ1) is 21.6. The number of unbranched alkanes of at least 4 members (excludes halogenated alkanes) is 3. The summed E-state index contributed by atoms with van der Waals surface area (Å²) in [5, 5.41) is 18.1. The molecule has 7 nitrogen and oxygen atoms in total. The van der Waals surface area contributed by atoms with Gasteiger partial charge in [0.05, 0.1) is 25.4 Å². The van der Waals surface area contributed by atoms with Crippen molar-refractivity contribution in [2.24, 2.45) is 0 Å². The second kappa shape index (κ2) is 18.0. The first-order valence-electron chi connectivity index (χ1n) is 15.3. The fraction of sp³-hybridized carbons (Fsp3) is 0.429. The van der Waals surface area contributed by atoms with Gasteiger partial charge in [-0.3, -0.25) is 9.59 Å². The maximum atomic E-state index is 13.0. The van der Waals surface area contributed by atoms with Crippen LogP contribution in [0.5, 0.6) is 11.5 Å². The highest BCUT2D eigenvalue weighted by Crippen LogP contribution is 2.33. The topological polar surface area (TPSA) is 102 Å². The predicted octanol–water partition coefficient (Wildman–Crippen LogP) is 8.35. The van der Waals surface area contributed by atoms with Crippen molar-refractivity contribution in [1.29, 1.82) is 0 Å². The van der Waals surface area contributed by atoms with Crippen LogP contribution in [-0.2, 0) is 40.0 Å². The largest absolute Gasteiger partial charge is 0.494 e. The molecule has 0 aliphatic rings. The van der Waals surface area contributed by atoms with Gasteiger partial charge in [0.15, 0.2) is 0 Å². The molecule has 244 valence electrons. The minimum atomic E-state index is -4.39. The van der Waals surface area contributed by atoms with Gasteiger partial charge in [0.1, 0.15) is 11.5 Å². The summed E-state index contributed by atoms with van der Waals surface area (Å²) in [6, 6.07) is 16.3. The van der Waals surface area contributed by atoms with Crippen LogP contribution in [0.1, 0.15) is 74.1 Å². The molecule has 0 saturated heterocycles. The summed E-state index contributed by atoms with van der Waals surface area (Å²) >= 11 is 0. The Bertz CT molecular complexity index is 1370. The smallest absolute Gasteiger partial charge is 0.416 e. The normalized spacial score (nSPS) is 11.4. The number of halogens is 3. The van der Waals surface area contributed by atoms with E-state index in [-0.39, 0.29) is 19.4 Å². The van der Waals surface area contributed by atoms with Crippen LogP contribution in [0.3, 0.4) is 0 Å². The van der Waals surface area contributed by atoms with Crippen LogP contribution in [0.4, 0.5) is 13.2 Å². The summed E-state index contributed by atoms with van der Waals surface area (Å²) in [5.41, 5.74) is 3.47. The summed E-state index contributed by atoms with van der Waals surface area (Å²) in [4.78, 5) is 22.0. The van der Waals surface area contributed by atoms with Gasteiger partial charge in [-0.25, -0.2) is 0 Å². The lowest BCUT2D eigenvalue weighted by Crippen LogP contribution is -2.07. The average Bonchev–Trinajstić information content (AvgIpc) is 3.00. The molecule has 0 aliphatic carbocycles. The molecule has 0 heterocycles. The van der Waals surface area contributed by atoms with Crippen molar-refractivity contribution in [3.8, 4) is 22.6 Å². The molecule has 3 aromatic carbocycles. The zero-order valence-electron chi connectivity index (χ0n) is 25.5. The SMILES string of the molecule is CCOCc1cc(OCCCCCCc2cccc(OCCCC(=O)O)c2CCC(=O)O)cc(-c2ccc(C(F)(F)F)cc2)c1. The third-order valence-electron chi connectivity index (χ3n) is 7.21. The number of rotatable bonds is 20. The van der Waals surface area contributed by atoms with Gasteiger partial charge in [-0.2, -0.15) is 13.2 Å². The zero-order chi connectivity index (χ0) is 32.7. The van der Waals surface area contributed by atoms with E-state index in [1.54, 1.807) is 6.07 Å². The summed E-state index contributed by atoms with van der Waals surface area (Å²) in [6.07, 6.45) is 0.616. The molecule has 0 bridgehead atoms. The van der Waals surface area contributed by atoms with Crippen LogP contribution < -0.4 is 9.47 Å².